The van der Waals surface area contributed by atoms with E-state index in [-0.39, 0.29) is 0 Å². The molecule has 6 nitrogen and oxygen atoms in total. The van der Waals surface area contributed by atoms with Gasteiger partial charge < -0.3 is 29.2 Å². The van der Waals surface area contributed by atoms with E-state index in [0.29, 0.717) is 22.3 Å². The molecule has 0 heterocycles. The van der Waals surface area contributed by atoms with Crippen LogP contribution in [0, 0.1) is 125 Å². The molecule has 540 valence electrons. The summed E-state index contributed by atoms with van der Waals surface area (Å²) in [5, 5.41) is 28.9. The third kappa shape index (κ3) is 11.6. The van der Waals surface area contributed by atoms with Crippen LogP contribution in [0.2, 0.25) is 0 Å². The average molecular weight is 1400 g/mol. The minimum Gasteiger partial charge on any atom is -0.376 e. The van der Waals surface area contributed by atoms with E-state index in [0.717, 1.165) is 178 Å². The molecule has 4 unspecified atom stereocenters. The van der Waals surface area contributed by atoms with Crippen LogP contribution in [0.1, 0.15) is 200 Å². The zero-order valence-corrected chi connectivity index (χ0v) is 66.3. The fourth-order valence-corrected chi connectivity index (χ4v) is 20.2. The number of aliphatic hydroxyl groups is 2. The maximum Gasteiger partial charge on any atom is 0.143 e. The molecule has 0 saturated heterocycles. The summed E-state index contributed by atoms with van der Waals surface area (Å²) >= 11 is 0. The van der Waals surface area contributed by atoms with Gasteiger partial charge in [0.05, 0.1) is 0 Å². The predicted octanol–water partition coefficient (Wildman–Crippen LogP) is 21.9. The first-order chi connectivity index (χ1) is 50.4. The van der Waals surface area contributed by atoms with Gasteiger partial charge in [-0.2, -0.15) is 0 Å². The average Bonchev–Trinajstić information content (AvgIpc) is 0.727. The van der Waals surface area contributed by atoms with E-state index in [9.17, 15) is 10.2 Å². The summed E-state index contributed by atoms with van der Waals surface area (Å²) in [4.78, 5) is 0. The van der Waals surface area contributed by atoms with Gasteiger partial charge in [0, 0.05) is 28.4 Å². The van der Waals surface area contributed by atoms with Crippen molar-refractivity contribution in [1.82, 2.24) is 0 Å². The Kier molecular flexibility index (Phi) is 19.7. The fraction of sp³-hybridized carbons (Fsp3) is 0.280. The standard InChI is InChI=1S/C100H104O6/c1-59-47-65(7)89(66(8)48-59)95(101)77-23-31-81(32-24-77)97(103-19,91-69(11)51-61(3)52-70(91)12)85-39-43-87(44-40-85)99(105-21,93-73(15)55-63(5)56-74(93)16)83-35-27-79(28-36-83)96(102,90-67(9)49-60(2)50-68(90)10)80-29-37-84(38-30-80)100(106-22,94-75(17)57-64(6)58-76(94)18)88-45-41-86(42-46-88)98(104-20,82-33-25-78(95)26-34-82)92-71(13)53-62(4)54-72(92)14/h23-58,101-102H,1-22H3. The first-order valence-corrected chi connectivity index (χ1v) is 37.3. The number of ether oxygens (including phenoxy) is 4. The summed E-state index contributed by atoms with van der Waals surface area (Å²) < 4.78 is 28.9. The van der Waals surface area contributed by atoms with Crippen molar-refractivity contribution in [3.05, 3.63) is 419 Å². The topological polar surface area (TPSA) is 77.4 Å². The second-order valence-corrected chi connectivity index (χ2v) is 31.1. The van der Waals surface area contributed by atoms with E-state index >= 15 is 0 Å². The lowest BCUT2D eigenvalue weighted by Gasteiger charge is -2.40. The van der Waals surface area contributed by atoms with Crippen molar-refractivity contribution in [2.45, 2.75) is 158 Å². The monoisotopic (exact) mass is 1400 g/mol. The highest BCUT2D eigenvalue weighted by atomic mass is 16.5. The first kappa shape index (κ1) is 74.7. The molecule has 10 aliphatic carbocycles. The van der Waals surface area contributed by atoms with E-state index in [1.165, 1.54) is 0 Å². The summed E-state index contributed by atoms with van der Waals surface area (Å²) in [7, 11) is 7.25. The molecule has 0 radical (unpaired) electrons. The van der Waals surface area contributed by atoms with Gasteiger partial charge in [0.2, 0.25) is 0 Å². The third-order valence-corrected chi connectivity index (χ3v) is 23.7. The molecule has 12 aromatic rings. The van der Waals surface area contributed by atoms with Crippen LogP contribution in [0.5, 0.6) is 0 Å². The van der Waals surface area contributed by atoms with E-state index in [4.69, 9.17) is 18.9 Å². The molecule has 0 saturated carbocycles. The number of methoxy groups -OCH3 is 4. The Labute approximate surface area is 630 Å². The maximum absolute atomic E-state index is 14.5. The Hall–Kier alpha value is -9.60. The van der Waals surface area contributed by atoms with Crippen LogP contribution >= 0.6 is 0 Å². The first-order valence-electron chi connectivity index (χ1n) is 37.3. The zero-order chi connectivity index (χ0) is 76.1. The van der Waals surface area contributed by atoms with Crippen LogP contribution in [0.4, 0.5) is 0 Å². The molecule has 4 atom stereocenters. The van der Waals surface area contributed by atoms with Gasteiger partial charge in [-0.15, -0.1) is 0 Å². The number of hydrogen-bond acceptors (Lipinski definition) is 6. The van der Waals surface area contributed by atoms with Crippen molar-refractivity contribution in [1.29, 1.82) is 0 Å². The van der Waals surface area contributed by atoms with Gasteiger partial charge in [-0.05, 0) is 292 Å². The molecule has 2 N–H and O–H groups in total. The Bertz CT molecular complexity index is 4620. The smallest absolute Gasteiger partial charge is 0.143 e. The van der Waals surface area contributed by atoms with E-state index < -0.39 is 33.6 Å². The quantitative estimate of drug-likeness (QED) is 0.142. The highest BCUT2D eigenvalue weighted by Crippen LogP contribution is 2.53. The largest absolute Gasteiger partial charge is 0.376 e. The summed E-state index contributed by atoms with van der Waals surface area (Å²) in [5.74, 6) is 0. The zero-order valence-electron chi connectivity index (χ0n) is 66.3. The second-order valence-electron chi connectivity index (χ2n) is 31.1. The molecule has 0 spiro atoms. The van der Waals surface area contributed by atoms with Crippen molar-refractivity contribution in [3.8, 4) is 0 Å². The van der Waals surface area contributed by atoms with Crippen molar-refractivity contribution in [2.75, 3.05) is 28.4 Å². The normalized spacial score (nSPS) is 20.8. The molecular formula is C100H104O6. The van der Waals surface area contributed by atoms with E-state index in [1.807, 2.05) is 28.4 Å². The maximum atomic E-state index is 14.5. The number of aryl methyl sites for hydroxylation is 18. The van der Waals surface area contributed by atoms with Crippen LogP contribution in [0.25, 0.3) is 0 Å². The fourth-order valence-electron chi connectivity index (χ4n) is 20.2. The van der Waals surface area contributed by atoms with Crippen molar-refractivity contribution < 1.29 is 29.2 Å². The molecule has 12 aromatic carbocycles. The molecule has 0 amide bonds. The van der Waals surface area contributed by atoms with Gasteiger partial charge >= 0.3 is 0 Å². The van der Waals surface area contributed by atoms with E-state index in [2.05, 4.69) is 343 Å². The lowest BCUT2D eigenvalue weighted by molar-refractivity contribution is 0.0541. The van der Waals surface area contributed by atoms with Crippen molar-refractivity contribution in [3.63, 3.8) is 0 Å². The minimum absolute atomic E-state index is 0.702. The van der Waals surface area contributed by atoms with Gasteiger partial charge in [-0.1, -0.05) is 252 Å². The lowest BCUT2D eigenvalue weighted by Crippen LogP contribution is -2.36. The van der Waals surface area contributed by atoms with Crippen molar-refractivity contribution in [2.24, 2.45) is 0 Å². The predicted molar refractivity (Wildman–Crippen MR) is 434 cm³/mol. The van der Waals surface area contributed by atoms with E-state index in [1.54, 1.807) is 0 Å². The molecule has 10 aliphatic rings. The molecular weight excluding hydrogens is 1300 g/mol. The molecule has 22 rings (SSSR count). The highest BCUT2D eigenvalue weighted by molar-refractivity contribution is 5.65. The molecule has 0 aromatic heterocycles. The van der Waals surface area contributed by atoms with Gasteiger partial charge in [0.25, 0.3) is 0 Å². The van der Waals surface area contributed by atoms with Gasteiger partial charge in [-0.3, -0.25) is 0 Å². The summed E-state index contributed by atoms with van der Waals surface area (Å²) in [6.45, 7) is 38.7. The number of benzene rings is 12. The van der Waals surface area contributed by atoms with Crippen LogP contribution in [0.3, 0.4) is 0 Å². The van der Waals surface area contributed by atoms with Gasteiger partial charge in [0.15, 0.2) is 0 Å². The molecule has 0 aliphatic heterocycles. The van der Waals surface area contributed by atoms with Crippen LogP contribution < -0.4 is 0 Å². The Morgan fingerprint density at radius 2 is 0.274 bits per heavy atom. The van der Waals surface area contributed by atoms with Gasteiger partial charge in [0.1, 0.15) is 33.6 Å². The summed E-state index contributed by atoms with van der Waals surface area (Å²) in [6.07, 6.45) is 0. The Balaban J connectivity index is 1.14. The third-order valence-electron chi connectivity index (χ3n) is 23.7. The summed E-state index contributed by atoms with van der Waals surface area (Å²) in [5.41, 5.74) is 27.4. The Morgan fingerprint density at radius 3 is 0.387 bits per heavy atom. The number of hydrogen-bond donors (Lipinski definition) is 2. The second kappa shape index (κ2) is 28.0. The minimum atomic E-state index is -1.65. The van der Waals surface area contributed by atoms with Crippen LogP contribution in [-0.4, -0.2) is 38.7 Å². The molecule has 12 bridgehead atoms. The highest BCUT2D eigenvalue weighted by Gasteiger charge is 2.48. The van der Waals surface area contributed by atoms with Crippen molar-refractivity contribution >= 4 is 0 Å². The van der Waals surface area contributed by atoms with Crippen LogP contribution in [-0.2, 0) is 52.6 Å². The molecule has 106 heavy (non-hydrogen) atoms. The van der Waals surface area contributed by atoms with Crippen LogP contribution in [0.15, 0.2) is 218 Å². The molecule has 6 heteroatoms. The SMILES string of the molecule is COC1(c2c(C)cc(C)cc2C)c2ccc(cc2)C(O)(c2c(C)cc(C)cc2C)c2ccc(cc2)C(OC)(c2c(C)cc(C)cc2C)c2ccc(cc2)C(OC)(c2c(C)cc(C)cc2C)c2ccc(cc2)C(O)(c2c(C)cc(C)cc2C)c2ccc(cc2)C(OC)(c2c(C)cc(C)cc2C)c2ccc1cc2. The lowest BCUT2D eigenvalue weighted by atomic mass is 9.71. The number of rotatable bonds is 10. The summed E-state index contributed by atoms with van der Waals surface area (Å²) in [6, 6.07) is 78.3. The molecule has 0 fully saturated rings. The Morgan fingerprint density at radius 1 is 0.170 bits per heavy atom. The van der Waals surface area contributed by atoms with Gasteiger partial charge in [-0.25, -0.2) is 0 Å².